The van der Waals surface area contributed by atoms with E-state index in [4.69, 9.17) is 0 Å². The summed E-state index contributed by atoms with van der Waals surface area (Å²) in [5.41, 5.74) is 0. The number of anilines is 1. The lowest BCUT2D eigenvalue weighted by Crippen LogP contribution is -2.29. The number of rotatable bonds is 4. The van der Waals surface area contributed by atoms with E-state index in [1.54, 1.807) is 17.5 Å². The Balaban J connectivity index is 1.78. The van der Waals surface area contributed by atoms with E-state index < -0.39 is 0 Å². The SMILES string of the molecule is CCNc1ncc(C(=O)N2CCC[C@H]2c2cccs2)s1. The Kier molecular flexibility index (Phi) is 4.03. The molecule has 2 aromatic rings. The maximum Gasteiger partial charge on any atom is 0.266 e. The number of hydrogen-bond donors (Lipinski definition) is 1. The zero-order valence-corrected chi connectivity index (χ0v) is 13.0. The monoisotopic (exact) mass is 307 g/mol. The number of nitrogens with one attached hydrogen (secondary N) is 1. The number of amides is 1. The van der Waals surface area contributed by atoms with Crippen LogP contribution in [0.4, 0.5) is 5.13 Å². The maximum absolute atomic E-state index is 12.6. The first kappa shape index (κ1) is 13.6. The molecule has 0 saturated carbocycles. The molecule has 1 aliphatic heterocycles. The minimum atomic E-state index is 0.113. The van der Waals surface area contributed by atoms with E-state index in [1.165, 1.54) is 16.2 Å². The van der Waals surface area contributed by atoms with Crippen molar-refractivity contribution in [1.82, 2.24) is 9.88 Å². The number of carbonyl (C=O) groups excluding carboxylic acids is 1. The standard InChI is InChI=1S/C14H17N3OS2/c1-2-15-14-16-9-12(20-14)13(18)17-7-3-5-10(17)11-6-4-8-19-11/h4,6,8-10H,2-3,5,7H2,1H3,(H,15,16)/t10-/m0/s1. The smallest absolute Gasteiger partial charge is 0.266 e. The van der Waals surface area contributed by atoms with Crippen LogP contribution in [0.2, 0.25) is 0 Å². The third kappa shape index (κ3) is 2.58. The van der Waals surface area contributed by atoms with Gasteiger partial charge in [-0.1, -0.05) is 17.4 Å². The van der Waals surface area contributed by atoms with Crippen molar-refractivity contribution in [2.45, 2.75) is 25.8 Å². The molecule has 0 unspecified atom stereocenters. The summed E-state index contributed by atoms with van der Waals surface area (Å²) in [6.45, 7) is 3.69. The molecule has 0 aliphatic carbocycles. The van der Waals surface area contributed by atoms with Crippen LogP contribution in [0.1, 0.15) is 40.4 Å². The predicted octanol–water partition coefficient (Wildman–Crippen LogP) is 3.61. The first-order valence-electron chi connectivity index (χ1n) is 6.83. The molecule has 6 heteroatoms. The minimum absolute atomic E-state index is 0.113. The number of likely N-dealkylation sites (tertiary alicyclic amines) is 1. The number of aromatic nitrogens is 1. The van der Waals surface area contributed by atoms with Crippen LogP contribution in [0, 0.1) is 0 Å². The second kappa shape index (κ2) is 5.93. The van der Waals surface area contributed by atoms with Crippen LogP contribution in [0.5, 0.6) is 0 Å². The summed E-state index contributed by atoms with van der Waals surface area (Å²) < 4.78 is 0. The van der Waals surface area contributed by atoms with E-state index in [-0.39, 0.29) is 11.9 Å². The van der Waals surface area contributed by atoms with Crippen LogP contribution in [0.25, 0.3) is 0 Å². The molecule has 0 aromatic carbocycles. The summed E-state index contributed by atoms with van der Waals surface area (Å²) in [7, 11) is 0. The maximum atomic E-state index is 12.6. The Morgan fingerprint density at radius 2 is 2.50 bits per heavy atom. The van der Waals surface area contributed by atoms with Crippen molar-refractivity contribution >= 4 is 33.7 Å². The van der Waals surface area contributed by atoms with Gasteiger partial charge in [-0.2, -0.15) is 0 Å². The van der Waals surface area contributed by atoms with Gasteiger partial charge in [0.25, 0.3) is 5.91 Å². The van der Waals surface area contributed by atoms with E-state index in [1.807, 2.05) is 11.8 Å². The molecular weight excluding hydrogens is 290 g/mol. The zero-order chi connectivity index (χ0) is 13.9. The van der Waals surface area contributed by atoms with Gasteiger partial charge in [0.15, 0.2) is 5.13 Å². The van der Waals surface area contributed by atoms with Gasteiger partial charge in [-0.05, 0) is 31.2 Å². The molecule has 1 fully saturated rings. The highest BCUT2D eigenvalue weighted by Gasteiger charge is 2.32. The van der Waals surface area contributed by atoms with Gasteiger partial charge < -0.3 is 10.2 Å². The van der Waals surface area contributed by atoms with Gasteiger partial charge in [0, 0.05) is 18.0 Å². The molecule has 106 valence electrons. The number of thiazole rings is 1. The second-order valence-electron chi connectivity index (χ2n) is 4.73. The van der Waals surface area contributed by atoms with Gasteiger partial charge in [-0.25, -0.2) is 4.98 Å². The van der Waals surface area contributed by atoms with Crippen molar-refractivity contribution in [2.75, 3.05) is 18.4 Å². The Hall–Kier alpha value is -1.40. The van der Waals surface area contributed by atoms with Crippen LogP contribution in [0.15, 0.2) is 23.7 Å². The summed E-state index contributed by atoms with van der Waals surface area (Å²) in [5.74, 6) is 0.113. The molecule has 1 atom stereocenters. The fourth-order valence-electron chi connectivity index (χ4n) is 2.53. The number of carbonyl (C=O) groups is 1. The van der Waals surface area contributed by atoms with Gasteiger partial charge in [-0.15, -0.1) is 11.3 Å². The van der Waals surface area contributed by atoms with Crippen LogP contribution < -0.4 is 5.32 Å². The highest BCUT2D eigenvalue weighted by molar-refractivity contribution is 7.17. The first-order valence-corrected chi connectivity index (χ1v) is 8.53. The Bertz CT molecular complexity index is 579. The van der Waals surface area contributed by atoms with E-state index >= 15 is 0 Å². The van der Waals surface area contributed by atoms with Crippen molar-refractivity contribution in [1.29, 1.82) is 0 Å². The lowest BCUT2D eigenvalue weighted by molar-refractivity contribution is 0.0742. The van der Waals surface area contributed by atoms with E-state index in [2.05, 4.69) is 27.8 Å². The van der Waals surface area contributed by atoms with Crippen LogP contribution in [-0.2, 0) is 0 Å². The molecule has 1 saturated heterocycles. The molecule has 0 bridgehead atoms. The summed E-state index contributed by atoms with van der Waals surface area (Å²) >= 11 is 3.17. The predicted molar refractivity (Wildman–Crippen MR) is 83.6 cm³/mol. The average Bonchev–Trinajstić information content (AvgIpc) is 3.19. The van der Waals surface area contributed by atoms with E-state index in [9.17, 15) is 4.79 Å². The first-order chi connectivity index (χ1) is 9.79. The van der Waals surface area contributed by atoms with Crippen molar-refractivity contribution in [2.24, 2.45) is 0 Å². The molecule has 2 aromatic heterocycles. The Labute approximate surface area is 126 Å². The third-order valence-electron chi connectivity index (χ3n) is 3.43. The largest absolute Gasteiger partial charge is 0.362 e. The minimum Gasteiger partial charge on any atom is -0.362 e. The fraction of sp³-hybridized carbons (Fsp3) is 0.429. The third-order valence-corrected chi connectivity index (χ3v) is 5.35. The van der Waals surface area contributed by atoms with E-state index in [0.717, 1.165) is 35.9 Å². The van der Waals surface area contributed by atoms with Crippen LogP contribution in [0.3, 0.4) is 0 Å². The van der Waals surface area contributed by atoms with Gasteiger partial charge in [-0.3, -0.25) is 4.79 Å². The topological polar surface area (TPSA) is 45.2 Å². The van der Waals surface area contributed by atoms with Crippen molar-refractivity contribution in [3.05, 3.63) is 33.5 Å². The van der Waals surface area contributed by atoms with E-state index in [0.29, 0.717) is 0 Å². The van der Waals surface area contributed by atoms with Gasteiger partial charge in [0.1, 0.15) is 4.88 Å². The molecule has 0 spiro atoms. The van der Waals surface area contributed by atoms with Crippen LogP contribution >= 0.6 is 22.7 Å². The lowest BCUT2D eigenvalue weighted by Gasteiger charge is -2.23. The average molecular weight is 307 g/mol. The molecule has 4 nitrogen and oxygen atoms in total. The normalized spacial score (nSPS) is 18.4. The number of hydrogen-bond acceptors (Lipinski definition) is 5. The van der Waals surface area contributed by atoms with Gasteiger partial charge in [0.2, 0.25) is 0 Å². The molecule has 20 heavy (non-hydrogen) atoms. The van der Waals surface area contributed by atoms with Gasteiger partial charge in [0.05, 0.1) is 12.2 Å². The fourth-order valence-corrected chi connectivity index (χ4v) is 4.25. The zero-order valence-electron chi connectivity index (χ0n) is 11.3. The molecule has 1 amide bonds. The summed E-state index contributed by atoms with van der Waals surface area (Å²) in [6, 6.07) is 4.42. The van der Waals surface area contributed by atoms with Crippen molar-refractivity contribution in [3.8, 4) is 0 Å². The summed E-state index contributed by atoms with van der Waals surface area (Å²) in [6.07, 6.45) is 3.83. The highest BCUT2D eigenvalue weighted by Crippen LogP contribution is 2.36. The van der Waals surface area contributed by atoms with Crippen LogP contribution in [-0.4, -0.2) is 28.9 Å². The molecule has 3 rings (SSSR count). The summed E-state index contributed by atoms with van der Waals surface area (Å²) in [4.78, 5) is 20.9. The molecule has 1 aliphatic rings. The Morgan fingerprint density at radius 3 is 3.25 bits per heavy atom. The molecule has 0 radical (unpaired) electrons. The molecule has 3 heterocycles. The number of nitrogens with zero attached hydrogens (tertiary/aromatic N) is 2. The Morgan fingerprint density at radius 1 is 1.60 bits per heavy atom. The lowest BCUT2D eigenvalue weighted by atomic mass is 10.2. The second-order valence-corrected chi connectivity index (χ2v) is 6.74. The quantitative estimate of drug-likeness (QED) is 0.938. The summed E-state index contributed by atoms with van der Waals surface area (Å²) in [5, 5.41) is 6.05. The number of thiophene rings is 1. The van der Waals surface area contributed by atoms with Crippen molar-refractivity contribution in [3.63, 3.8) is 0 Å². The van der Waals surface area contributed by atoms with Crippen molar-refractivity contribution < 1.29 is 4.79 Å². The molecular formula is C14H17N3OS2. The van der Waals surface area contributed by atoms with Gasteiger partial charge >= 0.3 is 0 Å². The highest BCUT2D eigenvalue weighted by atomic mass is 32.1. The molecule has 1 N–H and O–H groups in total.